The van der Waals surface area contributed by atoms with Gasteiger partial charge in [-0.2, -0.15) is 0 Å². The van der Waals surface area contributed by atoms with E-state index in [0.717, 1.165) is 34.3 Å². The van der Waals surface area contributed by atoms with Crippen molar-refractivity contribution in [1.82, 2.24) is 4.98 Å². The number of aromatic amines is 1. The number of hydrogen-bond donors (Lipinski definition) is 2. The summed E-state index contributed by atoms with van der Waals surface area (Å²) in [6.07, 6.45) is 0.983. The molecule has 0 aliphatic heterocycles. The van der Waals surface area contributed by atoms with Gasteiger partial charge in [0.2, 0.25) is 0 Å². The van der Waals surface area contributed by atoms with Gasteiger partial charge in [-0.25, -0.2) is 0 Å². The van der Waals surface area contributed by atoms with E-state index in [2.05, 4.69) is 17.2 Å². The van der Waals surface area contributed by atoms with E-state index in [0.29, 0.717) is 5.69 Å². The highest BCUT2D eigenvalue weighted by atomic mass is 16.5. The van der Waals surface area contributed by atoms with E-state index in [1.54, 1.807) is 7.11 Å². The number of H-pyrrole nitrogens is 1. The lowest BCUT2D eigenvalue weighted by Gasteiger charge is -2.05. The first-order chi connectivity index (χ1) is 11.1. The molecular formula is C19H20N2O2. The molecule has 0 aliphatic carbocycles. The van der Waals surface area contributed by atoms with Crippen LogP contribution in [0, 0.1) is 6.92 Å². The molecule has 23 heavy (non-hydrogen) atoms. The Morgan fingerprint density at radius 1 is 1.17 bits per heavy atom. The quantitative estimate of drug-likeness (QED) is 0.755. The van der Waals surface area contributed by atoms with Gasteiger partial charge in [-0.05, 0) is 54.8 Å². The number of fused-ring (bicyclic) bond motifs is 1. The van der Waals surface area contributed by atoms with Gasteiger partial charge in [0.15, 0.2) is 0 Å². The predicted octanol–water partition coefficient (Wildman–Crippen LogP) is 4.30. The van der Waals surface area contributed by atoms with Crippen LogP contribution in [0.3, 0.4) is 0 Å². The first kappa shape index (κ1) is 15.2. The van der Waals surface area contributed by atoms with E-state index in [1.807, 2.05) is 49.4 Å². The van der Waals surface area contributed by atoms with Crippen molar-refractivity contribution in [2.45, 2.75) is 20.3 Å². The van der Waals surface area contributed by atoms with Crippen LogP contribution in [0.15, 0.2) is 42.5 Å². The molecule has 4 heteroatoms. The molecule has 0 bridgehead atoms. The molecule has 1 aromatic heterocycles. The van der Waals surface area contributed by atoms with E-state index in [9.17, 15) is 4.79 Å². The second kappa shape index (κ2) is 6.16. The zero-order chi connectivity index (χ0) is 16.4. The molecule has 0 radical (unpaired) electrons. The van der Waals surface area contributed by atoms with Crippen molar-refractivity contribution in [3.05, 3.63) is 59.3 Å². The van der Waals surface area contributed by atoms with Crippen LogP contribution in [0.25, 0.3) is 10.9 Å². The monoisotopic (exact) mass is 308 g/mol. The van der Waals surface area contributed by atoms with Crippen molar-refractivity contribution in [1.29, 1.82) is 0 Å². The Hall–Kier alpha value is -2.75. The molecule has 3 rings (SSSR count). The maximum absolute atomic E-state index is 12.5. The minimum absolute atomic E-state index is 0.137. The Balaban J connectivity index is 1.89. The Bertz CT molecular complexity index is 848. The van der Waals surface area contributed by atoms with Gasteiger partial charge in [0.1, 0.15) is 11.4 Å². The molecule has 0 saturated carbocycles. The van der Waals surface area contributed by atoms with Crippen LogP contribution in [-0.2, 0) is 6.42 Å². The van der Waals surface area contributed by atoms with E-state index in [1.165, 1.54) is 5.56 Å². The fourth-order valence-electron chi connectivity index (χ4n) is 2.68. The summed E-state index contributed by atoms with van der Waals surface area (Å²) in [5, 5.41) is 3.93. The van der Waals surface area contributed by atoms with Crippen molar-refractivity contribution in [3.8, 4) is 5.75 Å². The number of carbonyl (C=O) groups excluding carboxylic acids is 1. The topological polar surface area (TPSA) is 54.1 Å². The Labute approximate surface area is 135 Å². The molecule has 2 aromatic carbocycles. The van der Waals surface area contributed by atoms with E-state index in [-0.39, 0.29) is 5.91 Å². The van der Waals surface area contributed by atoms with Gasteiger partial charge < -0.3 is 15.0 Å². The largest absolute Gasteiger partial charge is 0.497 e. The van der Waals surface area contributed by atoms with Crippen LogP contribution in [0.2, 0.25) is 0 Å². The van der Waals surface area contributed by atoms with E-state index >= 15 is 0 Å². The van der Waals surface area contributed by atoms with Crippen molar-refractivity contribution in [2.75, 3.05) is 12.4 Å². The number of aromatic nitrogens is 1. The Morgan fingerprint density at radius 2 is 1.91 bits per heavy atom. The minimum atomic E-state index is -0.137. The fraction of sp³-hybridized carbons (Fsp3) is 0.211. The van der Waals surface area contributed by atoms with E-state index in [4.69, 9.17) is 4.74 Å². The molecule has 1 amide bonds. The van der Waals surface area contributed by atoms with Crippen LogP contribution in [-0.4, -0.2) is 18.0 Å². The van der Waals surface area contributed by atoms with Crippen molar-refractivity contribution >= 4 is 22.5 Å². The Kier molecular flexibility index (Phi) is 4.06. The third kappa shape index (κ3) is 2.93. The normalized spacial score (nSPS) is 10.7. The summed E-state index contributed by atoms with van der Waals surface area (Å²) in [4.78, 5) is 15.7. The van der Waals surface area contributed by atoms with Crippen LogP contribution in [0.4, 0.5) is 5.69 Å². The van der Waals surface area contributed by atoms with Crippen LogP contribution in [0.1, 0.15) is 28.5 Å². The number of rotatable bonds is 4. The molecule has 0 fully saturated rings. The number of anilines is 1. The third-order valence-electron chi connectivity index (χ3n) is 4.11. The van der Waals surface area contributed by atoms with Gasteiger partial charge in [0.05, 0.1) is 7.11 Å². The molecule has 0 unspecified atom stereocenters. The molecule has 2 N–H and O–H groups in total. The summed E-state index contributed by atoms with van der Waals surface area (Å²) in [5.41, 5.74) is 4.46. The van der Waals surface area contributed by atoms with Crippen molar-refractivity contribution < 1.29 is 9.53 Å². The summed E-state index contributed by atoms with van der Waals surface area (Å²) < 4.78 is 5.25. The number of nitrogens with one attached hydrogen (secondary N) is 2. The first-order valence-corrected chi connectivity index (χ1v) is 7.69. The van der Waals surface area contributed by atoms with Crippen LogP contribution in [0.5, 0.6) is 5.75 Å². The fourth-order valence-corrected chi connectivity index (χ4v) is 2.68. The number of carbonyl (C=O) groups is 1. The third-order valence-corrected chi connectivity index (χ3v) is 4.11. The minimum Gasteiger partial charge on any atom is -0.497 e. The summed E-state index contributed by atoms with van der Waals surface area (Å²) >= 11 is 0. The first-order valence-electron chi connectivity index (χ1n) is 7.69. The second-order valence-corrected chi connectivity index (χ2v) is 5.54. The average molecular weight is 308 g/mol. The maximum Gasteiger partial charge on any atom is 0.272 e. The molecule has 0 saturated heterocycles. The smallest absolute Gasteiger partial charge is 0.272 e. The molecule has 0 aliphatic rings. The number of benzene rings is 2. The SMILES string of the molecule is CCc1ccc(NC(=O)c2[nH]c3ccc(OC)cc3c2C)cc1. The number of amides is 1. The summed E-state index contributed by atoms with van der Waals surface area (Å²) in [5.74, 6) is 0.642. The van der Waals surface area contributed by atoms with Gasteiger partial charge in [-0.3, -0.25) is 4.79 Å². The molecule has 3 aromatic rings. The number of ether oxygens (including phenoxy) is 1. The molecule has 0 atom stereocenters. The van der Waals surface area contributed by atoms with Crippen LogP contribution < -0.4 is 10.1 Å². The highest BCUT2D eigenvalue weighted by Gasteiger charge is 2.15. The summed E-state index contributed by atoms with van der Waals surface area (Å²) in [7, 11) is 1.64. The number of aryl methyl sites for hydroxylation is 2. The highest BCUT2D eigenvalue weighted by Crippen LogP contribution is 2.26. The van der Waals surface area contributed by atoms with Gasteiger partial charge in [-0.1, -0.05) is 19.1 Å². The maximum atomic E-state index is 12.5. The van der Waals surface area contributed by atoms with Crippen LogP contribution >= 0.6 is 0 Å². The lowest BCUT2D eigenvalue weighted by molar-refractivity contribution is 0.102. The summed E-state index contributed by atoms with van der Waals surface area (Å²) in [6.45, 7) is 4.04. The number of methoxy groups -OCH3 is 1. The van der Waals surface area contributed by atoms with Gasteiger partial charge in [0, 0.05) is 16.6 Å². The van der Waals surface area contributed by atoms with Crippen molar-refractivity contribution in [3.63, 3.8) is 0 Å². The molecular weight excluding hydrogens is 288 g/mol. The molecule has 4 nitrogen and oxygen atoms in total. The predicted molar refractivity (Wildman–Crippen MR) is 93.4 cm³/mol. The van der Waals surface area contributed by atoms with Gasteiger partial charge >= 0.3 is 0 Å². The second-order valence-electron chi connectivity index (χ2n) is 5.54. The van der Waals surface area contributed by atoms with E-state index < -0.39 is 0 Å². The van der Waals surface area contributed by atoms with Crippen molar-refractivity contribution in [2.24, 2.45) is 0 Å². The number of hydrogen-bond acceptors (Lipinski definition) is 2. The molecule has 118 valence electrons. The summed E-state index contributed by atoms with van der Waals surface area (Å²) in [6, 6.07) is 13.7. The zero-order valence-electron chi connectivity index (χ0n) is 13.6. The average Bonchev–Trinajstić information content (AvgIpc) is 2.92. The molecule has 0 spiro atoms. The van der Waals surface area contributed by atoms with Gasteiger partial charge in [0.25, 0.3) is 5.91 Å². The highest BCUT2D eigenvalue weighted by molar-refractivity contribution is 6.08. The lowest BCUT2D eigenvalue weighted by atomic mass is 10.1. The van der Waals surface area contributed by atoms with Gasteiger partial charge in [-0.15, -0.1) is 0 Å². The standard InChI is InChI=1S/C19H20N2O2/c1-4-13-5-7-14(8-6-13)20-19(22)18-12(2)16-11-15(23-3)9-10-17(16)21-18/h5-11,21H,4H2,1-3H3,(H,20,22). The lowest BCUT2D eigenvalue weighted by Crippen LogP contribution is -2.13. The zero-order valence-corrected chi connectivity index (χ0v) is 13.6. The molecule has 1 heterocycles. The Morgan fingerprint density at radius 3 is 2.57 bits per heavy atom.